The van der Waals surface area contributed by atoms with E-state index in [1.54, 1.807) is 0 Å². The highest BCUT2D eigenvalue weighted by Crippen LogP contribution is 2.24. The fourth-order valence-corrected chi connectivity index (χ4v) is 2.77. The molecule has 18 heavy (non-hydrogen) atoms. The Balaban J connectivity index is 2.38. The van der Waals surface area contributed by atoms with Gasteiger partial charge >= 0.3 is 0 Å². The standard InChI is InChI=1S/C16H18IN/c1-3-12-6-4-7-13(10-12)16(18-2)14-8-5-9-15(17)11-14/h4-11,16,18H,3H2,1-2H3. The molecule has 0 aliphatic heterocycles. The first-order chi connectivity index (χ1) is 8.74. The van der Waals surface area contributed by atoms with Crippen LogP contribution in [-0.2, 0) is 6.42 Å². The van der Waals surface area contributed by atoms with Crippen molar-refractivity contribution < 1.29 is 0 Å². The molecular formula is C16H18IN. The van der Waals surface area contributed by atoms with E-state index in [0.29, 0.717) is 0 Å². The van der Waals surface area contributed by atoms with Crippen LogP contribution >= 0.6 is 22.6 Å². The van der Waals surface area contributed by atoms with Crippen molar-refractivity contribution in [3.8, 4) is 0 Å². The van der Waals surface area contributed by atoms with Gasteiger partial charge in [-0.05, 0) is 64.9 Å². The average Bonchev–Trinajstić information content (AvgIpc) is 2.40. The number of aryl methyl sites for hydroxylation is 1. The number of rotatable bonds is 4. The van der Waals surface area contributed by atoms with Crippen LogP contribution < -0.4 is 5.32 Å². The van der Waals surface area contributed by atoms with E-state index >= 15 is 0 Å². The summed E-state index contributed by atoms with van der Waals surface area (Å²) in [4.78, 5) is 0. The lowest BCUT2D eigenvalue weighted by molar-refractivity contribution is 0.690. The molecule has 2 aromatic rings. The summed E-state index contributed by atoms with van der Waals surface area (Å²) in [6.45, 7) is 2.19. The molecule has 0 aromatic heterocycles. The molecule has 0 saturated carbocycles. The van der Waals surface area contributed by atoms with Crippen LogP contribution in [0.4, 0.5) is 0 Å². The monoisotopic (exact) mass is 351 g/mol. The normalized spacial score (nSPS) is 12.4. The molecule has 0 radical (unpaired) electrons. The second-order valence-electron chi connectivity index (χ2n) is 4.38. The third-order valence-electron chi connectivity index (χ3n) is 3.16. The highest BCUT2D eigenvalue weighted by atomic mass is 127. The first-order valence-corrected chi connectivity index (χ1v) is 7.34. The summed E-state index contributed by atoms with van der Waals surface area (Å²) in [6, 6.07) is 17.7. The second kappa shape index (κ2) is 6.34. The van der Waals surface area contributed by atoms with Gasteiger partial charge in [-0.1, -0.05) is 43.3 Å². The van der Waals surface area contributed by atoms with Gasteiger partial charge in [0.1, 0.15) is 0 Å². The van der Waals surface area contributed by atoms with Crippen LogP contribution in [0, 0.1) is 3.57 Å². The van der Waals surface area contributed by atoms with Gasteiger partial charge in [-0.25, -0.2) is 0 Å². The van der Waals surface area contributed by atoms with E-state index < -0.39 is 0 Å². The predicted octanol–water partition coefficient (Wildman–Crippen LogP) is 4.16. The second-order valence-corrected chi connectivity index (χ2v) is 5.62. The van der Waals surface area contributed by atoms with E-state index in [2.05, 4.69) is 83.4 Å². The maximum absolute atomic E-state index is 3.41. The van der Waals surface area contributed by atoms with E-state index in [-0.39, 0.29) is 6.04 Å². The molecule has 0 amide bonds. The van der Waals surface area contributed by atoms with Crippen molar-refractivity contribution in [3.63, 3.8) is 0 Å². The minimum absolute atomic E-state index is 0.270. The lowest BCUT2D eigenvalue weighted by Crippen LogP contribution is -2.17. The predicted molar refractivity (Wildman–Crippen MR) is 85.9 cm³/mol. The summed E-state index contributed by atoms with van der Waals surface area (Å²) in [5, 5.41) is 3.41. The average molecular weight is 351 g/mol. The SMILES string of the molecule is CCc1cccc(C(NC)c2cccc(I)c2)c1. The number of hydrogen-bond donors (Lipinski definition) is 1. The first kappa shape index (κ1) is 13.6. The largest absolute Gasteiger partial charge is 0.309 e. The van der Waals surface area contributed by atoms with Crippen molar-refractivity contribution in [1.29, 1.82) is 0 Å². The maximum atomic E-state index is 3.41. The Morgan fingerprint density at radius 1 is 1.06 bits per heavy atom. The fourth-order valence-electron chi connectivity index (χ4n) is 2.20. The molecule has 1 unspecified atom stereocenters. The van der Waals surface area contributed by atoms with Crippen molar-refractivity contribution in [2.75, 3.05) is 7.05 Å². The molecule has 1 nitrogen and oxygen atoms in total. The molecule has 2 heteroatoms. The highest BCUT2D eigenvalue weighted by Gasteiger charge is 2.12. The van der Waals surface area contributed by atoms with Gasteiger partial charge in [0.05, 0.1) is 6.04 Å². The smallest absolute Gasteiger partial charge is 0.0574 e. The summed E-state index contributed by atoms with van der Waals surface area (Å²) < 4.78 is 1.27. The third-order valence-corrected chi connectivity index (χ3v) is 3.83. The molecule has 94 valence electrons. The Kier molecular flexibility index (Phi) is 4.78. The zero-order chi connectivity index (χ0) is 13.0. The van der Waals surface area contributed by atoms with Crippen LogP contribution in [-0.4, -0.2) is 7.05 Å². The van der Waals surface area contributed by atoms with Gasteiger partial charge in [-0.3, -0.25) is 0 Å². The summed E-state index contributed by atoms with van der Waals surface area (Å²) in [5.41, 5.74) is 4.04. The Labute approximate surface area is 123 Å². The van der Waals surface area contributed by atoms with Gasteiger partial charge in [0.2, 0.25) is 0 Å². The van der Waals surface area contributed by atoms with Crippen molar-refractivity contribution in [2.45, 2.75) is 19.4 Å². The Morgan fingerprint density at radius 3 is 2.33 bits per heavy atom. The summed E-state index contributed by atoms with van der Waals surface area (Å²) in [5.74, 6) is 0. The molecule has 0 bridgehead atoms. The molecule has 0 fully saturated rings. The molecule has 0 spiro atoms. The van der Waals surface area contributed by atoms with Gasteiger partial charge < -0.3 is 5.32 Å². The number of nitrogens with one attached hydrogen (secondary N) is 1. The van der Waals surface area contributed by atoms with Gasteiger partial charge in [-0.2, -0.15) is 0 Å². The van der Waals surface area contributed by atoms with E-state index in [4.69, 9.17) is 0 Å². The quantitative estimate of drug-likeness (QED) is 0.816. The number of benzene rings is 2. The van der Waals surface area contributed by atoms with E-state index in [9.17, 15) is 0 Å². The van der Waals surface area contributed by atoms with E-state index in [1.165, 1.54) is 20.3 Å². The van der Waals surface area contributed by atoms with Gasteiger partial charge in [0.25, 0.3) is 0 Å². The fraction of sp³-hybridized carbons (Fsp3) is 0.250. The lowest BCUT2D eigenvalue weighted by Gasteiger charge is -2.18. The van der Waals surface area contributed by atoms with Crippen LogP contribution in [0.1, 0.15) is 29.7 Å². The van der Waals surface area contributed by atoms with Crippen LogP contribution in [0.3, 0.4) is 0 Å². The minimum atomic E-state index is 0.270. The Bertz CT molecular complexity index is 522. The Hall–Kier alpha value is -0.870. The minimum Gasteiger partial charge on any atom is -0.309 e. The van der Waals surface area contributed by atoms with Gasteiger partial charge in [0, 0.05) is 3.57 Å². The third kappa shape index (κ3) is 3.12. The maximum Gasteiger partial charge on any atom is 0.0574 e. The van der Waals surface area contributed by atoms with Gasteiger partial charge in [-0.15, -0.1) is 0 Å². The van der Waals surface area contributed by atoms with Crippen molar-refractivity contribution in [2.24, 2.45) is 0 Å². The Morgan fingerprint density at radius 2 is 1.72 bits per heavy atom. The number of halogens is 1. The molecule has 0 heterocycles. The first-order valence-electron chi connectivity index (χ1n) is 6.26. The van der Waals surface area contributed by atoms with Crippen molar-refractivity contribution in [3.05, 3.63) is 68.8 Å². The van der Waals surface area contributed by atoms with Crippen LogP contribution in [0.2, 0.25) is 0 Å². The summed E-state index contributed by atoms with van der Waals surface area (Å²) in [7, 11) is 2.02. The summed E-state index contributed by atoms with van der Waals surface area (Å²) in [6.07, 6.45) is 1.08. The highest BCUT2D eigenvalue weighted by molar-refractivity contribution is 14.1. The summed E-state index contributed by atoms with van der Waals surface area (Å²) >= 11 is 2.36. The number of hydrogen-bond acceptors (Lipinski definition) is 1. The zero-order valence-corrected chi connectivity index (χ0v) is 12.9. The van der Waals surface area contributed by atoms with Crippen LogP contribution in [0.25, 0.3) is 0 Å². The molecule has 1 N–H and O–H groups in total. The molecule has 0 aliphatic rings. The van der Waals surface area contributed by atoms with E-state index in [0.717, 1.165) is 6.42 Å². The van der Waals surface area contributed by atoms with Gasteiger partial charge in [0.15, 0.2) is 0 Å². The lowest BCUT2D eigenvalue weighted by atomic mass is 9.97. The molecule has 2 aromatic carbocycles. The molecule has 0 aliphatic carbocycles. The molecule has 2 rings (SSSR count). The van der Waals surface area contributed by atoms with Crippen LogP contribution in [0.15, 0.2) is 48.5 Å². The van der Waals surface area contributed by atoms with Crippen LogP contribution in [0.5, 0.6) is 0 Å². The topological polar surface area (TPSA) is 12.0 Å². The zero-order valence-electron chi connectivity index (χ0n) is 10.8. The molecular weight excluding hydrogens is 333 g/mol. The van der Waals surface area contributed by atoms with E-state index in [1.807, 2.05) is 7.05 Å². The van der Waals surface area contributed by atoms with Crippen molar-refractivity contribution >= 4 is 22.6 Å². The molecule has 0 saturated heterocycles. The molecule has 1 atom stereocenters. The van der Waals surface area contributed by atoms with Crippen molar-refractivity contribution in [1.82, 2.24) is 5.32 Å².